The fraction of sp³-hybridized carbons (Fsp3) is 1.00. The second-order valence-corrected chi connectivity index (χ2v) is 7.91. The van der Waals surface area contributed by atoms with Gasteiger partial charge >= 0.3 is 0 Å². The third-order valence-electron chi connectivity index (χ3n) is 3.74. The van der Waals surface area contributed by atoms with Crippen molar-refractivity contribution >= 4 is 9.84 Å². The Balaban J connectivity index is 2.55. The molecule has 2 unspecified atom stereocenters. The first-order valence-corrected chi connectivity index (χ1v) is 8.02. The van der Waals surface area contributed by atoms with Crippen molar-refractivity contribution in [1.29, 1.82) is 0 Å². The molecule has 0 radical (unpaired) electrons. The lowest BCUT2D eigenvalue weighted by molar-refractivity contribution is 0.0123. The highest BCUT2D eigenvalue weighted by molar-refractivity contribution is 7.92. The van der Waals surface area contributed by atoms with Crippen LogP contribution in [0.2, 0.25) is 0 Å². The van der Waals surface area contributed by atoms with Crippen LogP contribution in [-0.2, 0) is 14.6 Å². The van der Waals surface area contributed by atoms with Crippen LogP contribution in [0.4, 0.5) is 0 Å². The summed E-state index contributed by atoms with van der Waals surface area (Å²) < 4.78 is 29.1. The van der Waals surface area contributed by atoms with Gasteiger partial charge in [-0.1, -0.05) is 6.42 Å². The minimum absolute atomic E-state index is 0.226. The first kappa shape index (κ1) is 14.9. The number of methoxy groups -OCH3 is 1. The average molecular weight is 263 g/mol. The lowest BCUT2D eigenvalue weighted by atomic mass is 9.96. The van der Waals surface area contributed by atoms with Gasteiger partial charge in [0, 0.05) is 13.2 Å². The highest BCUT2D eigenvalue weighted by Crippen LogP contribution is 2.25. The standard InChI is InChI=1S/C12H25NO3S/c1-12(2,16-3)8-7-10(13)11-6-4-5-9-17(11,14)15/h10-11H,4-9,13H2,1-3H3. The Morgan fingerprint density at radius 3 is 2.59 bits per heavy atom. The second kappa shape index (κ2) is 5.67. The molecule has 0 aliphatic carbocycles. The Kier molecular flexibility index (Phi) is 4.98. The van der Waals surface area contributed by atoms with Crippen molar-refractivity contribution in [1.82, 2.24) is 0 Å². The van der Waals surface area contributed by atoms with Crippen LogP contribution in [-0.4, -0.2) is 38.2 Å². The average Bonchev–Trinajstić information content (AvgIpc) is 2.25. The largest absolute Gasteiger partial charge is 0.379 e. The number of rotatable bonds is 5. The van der Waals surface area contributed by atoms with Crippen LogP contribution in [0.3, 0.4) is 0 Å². The van der Waals surface area contributed by atoms with Crippen molar-refractivity contribution in [2.24, 2.45) is 5.73 Å². The number of sulfone groups is 1. The Hall–Kier alpha value is -0.130. The van der Waals surface area contributed by atoms with E-state index in [0.717, 1.165) is 25.7 Å². The zero-order valence-electron chi connectivity index (χ0n) is 11.1. The monoisotopic (exact) mass is 263 g/mol. The number of ether oxygens (including phenoxy) is 1. The summed E-state index contributed by atoms with van der Waals surface area (Å²) in [6.45, 7) is 3.99. The van der Waals surface area contributed by atoms with Crippen molar-refractivity contribution in [3.63, 3.8) is 0 Å². The molecule has 5 heteroatoms. The Morgan fingerprint density at radius 2 is 2.06 bits per heavy atom. The molecule has 2 N–H and O–H groups in total. The van der Waals surface area contributed by atoms with E-state index < -0.39 is 9.84 Å². The molecule has 0 amide bonds. The van der Waals surface area contributed by atoms with Crippen LogP contribution in [0.15, 0.2) is 0 Å². The van der Waals surface area contributed by atoms with Crippen molar-refractivity contribution in [3.8, 4) is 0 Å². The first-order valence-electron chi connectivity index (χ1n) is 6.31. The fourth-order valence-corrected chi connectivity index (χ4v) is 4.37. The summed E-state index contributed by atoms with van der Waals surface area (Å²) in [7, 11) is -1.29. The predicted octanol–water partition coefficient (Wildman–Crippen LogP) is 1.49. The van der Waals surface area contributed by atoms with Crippen LogP contribution in [0.25, 0.3) is 0 Å². The second-order valence-electron chi connectivity index (χ2n) is 5.57. The van der Waals surface area contributed by atoms with E-state index in [1.807, 2.05) is 13.8 Å². The summed E-state index contributed by atoms with van der Waals surface area (Å²) in [5.41, 5.74) is 5.83. The molecule has 1 rings (SSSR count). The fourth-order valence-electron chi connectivity index (χ4n) is 2.26. The molecule has 0 aromatic rings. The van der Waals surface area contributed by atoms with E-state index >= 15 is 0 Å². The maximum Gasteiger partial charge on any atom is 0.154 e. The Bertz CT molecular complexity index is 338. The molecular formula is C12H25NO3S. The molecule has 1 aliphatic rings. The molecule has 0 bridgehead atoms. The van der Waals surface area contributed by atoms with Gasteiger partial charge in [0.2, 0.25) is 0 Å². The number of hydrogen-bond acceptors (Lipinski definition) is 4. The number of nitrogens with two attached hydrogens (primary N) is 1. The van der Waals surface area contributed by atoms with Crippen LogP contribution in [0, 0.1) is 0 Å². The summed E-state index contributed by atoms with van der Waals surface area (Å²) in [5, 5.41) is -0.344. The van der Waals surface area contributed by atoms with E-state index in [1.165, 1.54) is 0 Å². The minimum Gasteiger partial charge on any atom is -0.379 e. The molecule has 1 saturated heterocycles. The number of hydrogen-bond donors (Lipinski definition) is 1. The van der Waals surface area contributed by atoms with Crippen LogP contribution in [0.5, 0.6) is 0 Å². The normalized spacial score (nSPS) is 26.7. The minimum atomic E-state index is -2.96. The molecule has 4 nitrogen and oxygen atoms in total. The van der Waals surface area contributed by atoms with Gasteiger partial charge in [-0.3, -0.25) is 0 Å². The molecule has 102 valence electrons. The Labute approximate surface area is 105 Å². The van der Waals surface area contributed by atoms with Gasteiger partial charge in [-0.25, -0.2) is 8.42 Å². The van der Waals surface area contributed by atoms with Crippen molar-refractivity contribution in [2.75, 3.05) is 12.9 Å². The van der Waals surface area contributed by atoms with Crippen molar-refractivity contribution < 1.29 is 13.2 Å². The van der Waals surface area contributed by atoms with Gasteiger partial charge in [-0.05, 0) is 39.5 Å². The lowest BCUT2D eigenvalue weighted by Crippen LogP contribution is -2.44. The molecule has 17 heavy (non-hydrogen) atoms. The maximum absolute atomic E-state index is 11.9. The SMILES string of the molecule is COC(C)(C)CCC(N)C1CCCCS1(=O)=O. The van der Waals surface area contributed by atoms with E-state index in [0.29, 0.717) is 12.2 Å². The van der Waals surface area contributed by atoms with E-state index in [2.05, 4.69) is 0 Å². The van der Waals surface area contributed by atoms with E-state index in [9.17, 15) is 8.42 Å². The van der Waals surface area contributed by atoms with Gasteiger partial charge in [0.05, 0.1) is 16.6 Å². The smallest absolute Gasteiger partial charge is 0.154 e. The van der Waals surface area contributed by atoms with Gasteiger partial charge in [0.25, 0.3) is 0 Å². The summed E-state index contributed by atoms with van der Waals surface area (Å²) >= 11 is 0. The highest BCUT2D eigenvalue weighted by Gasteiger charge is 2.34. The lowest BCUT2D eigenvalue weighted by Gasteiger charge is -2.30. The highest BCUT2D eigenvalue weighted by atomic mass is 32.2. The van der Waals surface area contributed by atoms with Gasteiger partial charge in [-0.15, -0.1) is 0 Å². The summed E-state index contributed by atoms with van der Waals surface area (Å²) in [6.07, 6.45) is 3.97. The Morgan fingerprint density at radius 1 is 1.41 bits per heavy atom. The predicted molar refractivity (Wildman–Crippen MR) is 69.7 cm³/mol. The van der Waals surface area contributed by atoms with Crippen LogP contribution >= 0.6 is 0 Å². The first-order chi connectivity index (χ1) is 7.78. The zero-order chi connectivity index (χ0) is 13.1. The van der Waals surface area contributed by atoms with Crippen LogP contribution < -0.4 is 5.73 Å². The van der Waals surface area contributed by atoms with Gasteiger partial charge < -0.3 is 10.5 Å². The molecular weight excluding hydrogens is 238 g/mol. The van der Waals surface area contributed by atoms with Gasteiger partial charge in [-0.2, -0.15) is 0 Å². The molecule has 1 fully saturated rings. The third-order valence-corrected chi connectivity index (χ3v) is 6.10. The van der Waals surface area contributed by atoms with Gasteiger partial charge in [0.15, 0.2) is 9.84 Å². The zero-order valence-corrected chi connectivity index (χ0v) is 11.9. The molecule has 1 heterocycles. The topological polar surface area (TPSA) is 69.4 Å². The van der Waals surface area contributed by atoms with E-state index in [4.69, 9.17) is 10.5 Å². The molecule has 2 atom stereocenters. The molecule has 0 aromatic heterocycles. The maximum atomic E-state index is 11.9. The summed E-state index contributed by atoms with van der Waals surface area (Å²) in [6, 6.07) is -0.255. The van der Waals surface area contributed by atoms with E-state index in [1.54, 1.807) is 7.11 Å². The molecule has 1 aliphatic heterocycles. The third kappa shape index (κ3) is 4.23. The van der Waals surface area contributed by atoms with Crippen molar-refractivity contribution in [3.05, 3.63) is 0 Å². The van der Waals surface area contributed by atoms with E-state index in [-0.39, 0.29) is 16.9 Å². The summed E-state index contributed by atoms with van der Waals surface area (Å²) in [4.78, 5) is 0. The quantitative estimate of drug-likeness (QED) is 0.816. The molecule has 0 saturated carbocycles. The summed E-state index contributed by atoms with van der Waals surface area (Å²) in [5.74, 6) is 0.305. The molecule has 0 aromatic carbocycles. The molecule has 0 spiro atoms. The van der Waals surface area contributed by atoms with Crippen molar-refractivity contribution in [2.45, 2.75) is 62.8 Å². The van der Waals surface area contributed by atoms with Gasteiger partial charge in [0.1, 0.15) is 0 Å². The van der Waals surface area contributed by atoms with Crippen LogP contribution in [0.1, 0.15) is 46.0 Å².